The van der Waals surface area contributed by atoms with E-state index in [1.165, 1.54) is 4.90 Å². The van der Waals surface area contributed by atoms with E-state index in [0.29, 0.717) is 13.0 Å². The van der Waals surface area contributed by atoms with Crippen LogP contribution in [0.1, 0.15) is 33.6 Å². The second-order valence-electron chi connectivity index (χ2n) is 4.16. The van der Waals surface area contributed by atoms with Gasteiger partial charge in [0.05, 0.1) is 6.54 Å². The van der Waals surface area contributed by atoms with Crippen LogP contribution in [0.15, 0.2) is 0 Å². The zero-order chi connectivity index (χ0) is 12.1. The molecule has 0 heterocycles. The van der Waals surface area contributed by atoms with Crippen LogP contribution in [0.25, 0.3) is 0 Å². The normalized spacial score (nSPS) is 15.0. The summed E-state index contributed by atoms with van der Waals surface area (Å²) in [7, 11) is 0. The number of hydrogen-bond acceptors (Lipinski definition) is 2. The quantitative estimate of drug-likeness (QED) is 0.753. The van der Waals surface area contributed by atoms with Crippen molar-refractivity contribution >= 4 is 0 Å². The van der Waals surface area contributed by atoms with Crippen LogP contribution in [-0.2, 0) is 0 Å². The van der Waals surface area contributed by atoms with Gasteiger partial charge in [-0.1, -0.05) is 0 Å². The molecule has 15 heavy (non-hydrogen) atoms. The minimum atomic E-state index is -4.12. The second kappa shape index (κ2) is 6.33. The van der Waals surface area contributed by atoms with E-state index in [1.54, 1.807) is 13.8 Å². The molecule has 1 unspecified atom stereocenters. The molecular formula is C10H21F3N2. The average Bonchev–Trinajstić information content (AvgIpc) is 2.08. The molecule has 0 fully saturated rings. The Bertz CT molecular complexity index is 169. The highest BCUT2D eigenvalue weighted by Crippen LogP contribution is 2.21. The van der Waals surface area contributed by atoms with E-state index < -0.39 is 12.7 Å². The topological polar surface area (TPSA) is 29.3 Å². The fraction of sp³-hybridized carbons (Fsp3) is 1.00. The van der Waals surface area contributed by atoms with E-state index >= 15 is 0 Å². The highest BCUT2D eigenvalue weighted by molar-refractivity contribution is 4.74. The van der Waals surface area contributed by atoms with Gasteiger partial charge in [-0.15, -0.1) is 0 Å². The molecule has 0 bridgehead atoms. The van der Waals surface area contributed by atoms with Gasteiger partial charge in [0, 0.05) is 12.1 Å². The van der Waals surface area contributed by atoms with E-state index in [4.69, 9.17) is 5.73 Å². The lowest BCUT2D eigenvalue weighted by Crippen LogP contribution is -2.44. The van der Waals surface area contributed by atoms with Gasteiger partial charge in [0.15, 0.2) is 0 Å². The first-order chi connectivity index (χ1) is 6.78. The number of nitrogens with two attached hydrogens (primary N) is 1. The smallest absolute Gasteiger partial charge is 0.330 e. The Morgan fingerprint density at radius 3 is 2.07 bits per heavy atom. The number of rotatable bonds is 6. The molecule has 0 radical (unpaired) electrons. The Kier molecular flexibility index (Phi) is 6.20. The van der Waals surface area contributed by atoms with Crippen molar-refractivity contribution < 1.29 is 13.2 Å². The van der Waals surface area contributed by atoms with Crippen LogP contribution in [0, 0.1) is 0 Å². The van der Waals surface area contributed by atoms with Crippen LogP contribution >= 0.6 is 0 Å². The van der Waals surface area contributed by atoms with Gasteiger partial charge in [0.1, 0.15) is 0 Å². The van der Waals surface area contributed by atoms with Gasteiger partial charge in [0.25, 0.3) is 0 Å². The van der Waals surface area contributed by atoms with Crippen molar-refractivity contribution in [2.24, 2.45) is 5.73 Å². The maximum atomic E-state index is 12.3. The highest BCUT2D eigenvalue weighted by atomic mass is 19.4. The maximum absolute atomic E-state index is 12.3. The third kappa shape index (κ3) is 6.73. The molecule has 1 atom stereocenters. The van der Waals surface area contributed by atoms with Gasteiger partial charge >= 0.3 is 6.18 Å². The van der Waals surface area contributed by atoms with Crippen molar-refractivity contribution in [3.05, 3.63) is 0 Å². The molecule has 0 aromatic rings. The van der Waals surface area contributed by atoms with Gasteiger partial charge in [-0.05, 0) is 40.2 Å². The van der Waals surface area contributed by atoms with Gasteiger partial charge in [-0.2, -0.15) is 13.2 Å². The summed E-state index contributed by atoms with van der Waals surface area (Å²) in [6.07, 6.45) is -2.64. The Labute approximate surface area is 89.6 Å². The predicted molar refractivity (Wildman–Crippen MR) is 55.6 cm³/mol. The largest absolute Gasteiger partial charge is 0.401 e. The third-order valence-electron chi connectivity index (χ3n) is 2.42. The molecule has 0 saturated heterocycles. The van der Waals surface area contributed by atoms with Gasteiger partial charge in [-0.25, -0.2) is 0 Å². The summed E-state index contributed by atoms with van der Waals surface area (Å²) in [5, 5.41) is 0. The van der Waals surface area contributed by atoms with Crippen LogP contribution in [0.5, 0.6) is 0 Å². The van der Waals surface area contributed by atoms with Crippen LogP contribution in [-0.4, -0.2) is 36.2 Å². The van der Waals surface area contributed by atoms with Crippen molar-refractivity contribution in [3.8, 4) is 0 Å². The second-order valence-corrected chi connectivity index (χ2v) is 4.16. The first kappa shape index (κ1) is 14.7. The number of alkyl halides is 3. The fourth-order valence-corrected chi connectivity index (χ4v) is 1.63. The van der Waals surface area contributed by atoms with Crippen LogP contribution in [0.4, 0.5) is 13.2 Å². The van der Waals surface area contributed by atoms with E-state index in [0.717, 1.165) is 6.42 Å². The predicted octanol–water partition coefficient (Wildman–Crippen LogP) is 2.39. The molecule has 0 aromatic heterocycles. The summed E-state index contributed by atoms with van der Waals surface area (Å²) in [4.78, 5) is 1.47. The zero-order valence-corrected chi connectivity index (χ0v) is 9.64. The van der Waals surface area contributed by atoms with Gasteiger partial charge < -0.3 is 5.73 Å². The number of halogens is 3. The van der Waals surface area contributed by atoms with Gasteiger partial charge in [-0.3, -0.25) is 4.90 Å². The molecule has 0 spiro atoms. The van der Waals surface area contributed by atoms with Gasteiger partial charge in [0.2, 0.25) is 0 Å². The molecular weight excluding hydrogens is 205 g/mol. The zero-order valence-electron chi connectivity index (χ0n) is 9.64. The average molecular weight is 226 g/mol. The van der Waals surface area contributed by atoms with Crippen LogP contribution < -0.4 is 5.73 Å². The van der Waals surface area contributed by atoms with E-state index in [9.17, 15) is 13.2 Å². The summed E-state index contributed by atoms with van der Waals surface area (Å²) >= 11 is 0. The van der Waals surface area contributed by atoms with E-state index in [-0.39, 0.29) is 12.1 Å². The van der Waals surface area contributed by atoms with Crippen LogP contribution in [0.2, 0.25) is 0 Å². The van der Waals surface area contributed by atoms with Crippen LogP contribution in [0.3, 0.4) is 0 Å². The molecule has 0 saturated carbocycles. The molecule has 0 rings (SSSR count). The summed E-state index contributed by atoms with van der Waals surface area (Å²) < 4.78 is 36.8. The molecule has 5 heteroatoms. The Morgan fingerprint density at radius 2 is 1.73 bits per heavy atom. The first-order valence-electron chi connectivity index (χ1n) is 5.30. The molecule has 0 amide bonds. The fourth-order valence-electron chi connectivity index (χ4n) is 1.63. The molecule has 0 aromatic carbocycles. The Balaban J connectivity index is 4.25. The molecule has 2 N–H and O–H groups in total. The molecule has 92 valence electrons. The Morgan fingerprint density at radius 1 is 1.20 bits per heavy atom. The molecule has 2 nitrogen and oxygen atoms in total. The van der Waals surface area contributed by atoms with Crippen molar-refractivity contribution in [2.45, 2.75) is 51.9 Å². The lowest BCUT2D eigenvalue weighted by atomic mass is 10.1. The molecule has 0 aliphatic rings. The van der Waals surface area contributed by atoms with Crippen molar-refractivity contribution in [1.29, 1.82) is 0 Å². The summed E-state index contributed by atoms with van der Waals surface area (Å²) in [5.74, 6) is 0. The SMILES string of the molecule is CC(C)N(CC(F)(F)F)C(C)CCCN. The van der Waals surface area contributed by atoms with Crippen molar-refractivity contribution in [1.82, 2.24) is 4.90 Å². The standard InChI is InChI=1S/C10H21F3N2/c1-8(2)15(7-10(11,12)13)9(3)5-4-6-14/h8-9H,4-7,14H2,1-3H3. The van der Waals surface area contributed by atoms with E-state index in [2.05, 4.69) is 0 Å². The van der Waals surface area contributed by atoms with E-state index in [1.807, 2.05) is 6.92 Å². The molecule has 0 aliphatic heterocycles. The first-order valence-corrected chi connectivity index (χ1v) is 5.30. The lowest BCUT2D eigenvalue weighted by molar-refractivity contribution is -0.154. The summed E-state index contributed by atoms with van der Waals surface area (Å²) in [6.45, 7) is 5.08. The maximum Gasteiger partial charge on any atom is 0.401 e. The molecule has 0 aliphatic carbocycles. The minimum Gasteiger partial charge on any atom is -0.330 e. The minimum absolute atomic E-state index is 0.0739. The summed E-state index contributed by atoms with van der Waals surface area (Å²) in [6, 6.07) is -0.172. The van der Waals surface area contributed by atoms with Crippen molar-refractivity contribution in [3.63, 3.8) is 0 Å². The number of nitrogens with zero attached hydrogens (tertiary/aromatic N) is 1. The lowest BCUT2D eigenvalue weighted by Gasteiger charge is -2.33. The Hall–Kier alpha value is -0.290. The summed E-state index contributed by atoms with van der Waals surface area (Å²) in [5.41, 5.74) is 5.34. The number of hydrogen-bond donors (Lipinski definition) is 1. The third-order valence-corrected chi connectivity index (χ3v) is 2.42. The monoisotopic (exact) mass is 226 g/mol. The van der Waals surface area contributed by atoms with Crippen molar-refractivity contribution in [2.75, 3.05) is 13.1 Å². The highest BCUT2D eigenvalue weighted by Gasteiger charge is 2.33.